The van der Waals surface area contributed by atoms with Crippen molar-refractivity contribution < 1.29 is 18.3 Å². The number of nitrogens with zero attached hydrogens (tertiary/aromatic N) is 3. The second kappa shape index (κ2) is 4.30. The van der Waals surface area contributed by atoms with Crippen LogP contribution in [0.4, 0.5) is 19.0 Å². The number of β-amino-alcohol motifs (C(OH)–C–C–N with tert-alkyl or cyclic N) is 1. The van der Waals surface area contributed by atoms with Crippen LogP contribution in [0.3, 0.4) is 0 Å². The van der Waals surface area contributed by atoms with E-state index in [2.05, 4.69) is 9.97 Å². The van der Waals surface area contributed by atoms with Crippen LogP contribution in [0, 0.1) is 0 Å². The number of aliphatic hydroxyl groups is 1. The van der Waals surface area contributed by atoms with Gasteiger partial charge in [-0.1, -0.05) is 11.6 Å². The van der Waals surface area contributed by atoms with Gasteiger partial charge in [-0.3, -0.25) is 0 Å². The molecule has 1 saturated heterocycles. The number of halogens is 4. The number of aliphatic hydroxyl groups excluding tert-OH is 1. The molecule has 1 aliphatic heterocycles. The Balaban J connectivity index is 2.32. The number of aromatic nitrogens is 2. The van der Waals surface area contributed by atoms with Crippen molar-refractivity contribution in [1.29, 1.82) is 0 Å². The fraction of sp³-hybridized carbons (Fsp3) is 0.556. The van der Waals surface area contributed by atoms with Gasteiger partial charge in [0.05, 0.1) is 6.10 Å². The van der Waals surface area contributed by atoms with Crippen molar-refractivity contribution >= 4 is 17.4 Å². The average Bonchev–Trinajstić information content (AvgIpc) is 2.62. The van der Waals surface area contributed by atoms with Crippen LogP contribution < -0.4 is 4.90 Å². The third-order valence-electron chi connectivity index (χ3n) is 2.42. The van der Waals surface area contributed by atoms with Crippen LogP contribution in [0.15, 0.2) is 6.07 Å². The highest BCUT2D eigenvalue weighted by Gasteiger charge is 2.36. The van der Waals surface area contributed by atoms with E-state index in [0.29, 0.717) is 13.0 Å². The first kappa shape index (κ1) is 12.4. The van der Waals surface area contributed by atoms with Gasteiger partial charge < -0.3 is 10.0 Å². The molecule has 0 radical (unpaired) electrons. The first-order valence-corrected chi connectivity index (χ1v) is 5.29. The molecule has 1 aromatic rings. The lowest BCUT2D eigenvalue weighted by atomic mass is 10.3. The number of hydrogen-bond acceptors (Lipinski definition) is 4. The van der Waals surface area contributed by atoms with Crippen molar-refractivity contribution in [2.45, 2.75) is 18.7 Å². The van der Waals surface area contributed by atoms with E-state index in [1.807, 2.05) is 0 Å². The maximum atomic E-state index is 12.5. The molecule has 1 aliphatic rings. The van der Waals surface area contributed by atoms with Crippen molar-refractivity contribution in [2.24, 2.45) is 0 Å². The summed E-state index contributed by atoms with van der Waals surface area (Å²) in [7, 11) is 0. The van der Waals surface area contributed by atoms with Crippen molar-refractivity contribution in [1.82, 2.24) is 9.97 Å². The van der Waals surface area contributed by atoms with Crippen molar-refractivity contribution in [3.63, 3.8) is 0 Å². The Labute approximate surface area is 100 Å². The zero-order valence-corrected chi connectivity index (χ0v) is 9.33. The van der Waals surface area contributed by atoms with E-state index in [4.69, 9.17) is 11.6 Å². The number of hydrogen-bond donors (Lipinski definition) is 1. The predicted octanol–water partition coefficient (Wildman–Crippen LogP) is 1.72. The molecule has 94 valence electrons. The molecule has 2 rings (SSSR count). The molecule has 1 unspecified atom stereocenters. The van der Waals surface area contributed by atoms with Crippen LogP contribution in [0.5, 0.6) is 0 Å². The van der Waals surface area contributed by atoms with Crippen LogP contribution in [-0.4, -0.2) is 34.3 Å². The molecule has 1 aromatic heterocycles. The van der Waals surface area contributed by atoms with Gasteiger partial charge in [-0.05, 0) is 6.42 Å². The topological polar surface area (TPSA) is 49.2 Å². The third-order valence-corrected chi connectivity index (χ3v) is 2.62. The predicted molar refractivity (Wildman–Crippen MR) is 54.9 cm³/mol. The highest BCUT2D eigenvalue weighted by Crippen LogP contribution is 2.30. The molecular formula is C9H9ClF3N3O. The van der Waals surface area contributed by atoms with Crippen molar-refractivity contribution in [3.05, 3.63) is 17.0 Å². The Kier molecular flexibility index (Phi) is 3.13. The summed E-state index contributed by atoms with van der Waals surface area (Å²) in [6.45, 7) is 0.705. The molecule has 1 atom stereocenters. The third kappa shape index (κ3) is 2.78. The minimum atomic E-state index is -4.63. The van der Waals surface area contributed by atoms with Gasteiger partial charge in [0.15, 0.2) is 0 Å². The molecule has 0 bridgehead atoms. The van der Waals surface area contributed by atoms with E-state index in [1.165, 1.54) is 6.07 Å². The highest BCUT2D eigenvalue weighted by atomic mass is 35.5. The van der Waals surface area contributed by atoms with E-state index in [1.54, 1.807) is 4.90 Å². The second-order valence-electron chi connectivity index (χ2n) is 3.76. The molecule has 2 heterocycles. The molecule has 0 saturated carbocycles. The Morgan fingerprint density at radius 1 is 1.41 bits per heavy atom. The minimum Gasteiger partial charge on any atom is -0.391 e. The van der Waals surface area contributed by atoms with Gasteiger partial charge in [0.25, 0.3) is 0 Å². The SMILES string of the molecule is OC1CCN(c2cc(Cl)nc(C(F)(F)F)n2)C1. The van der Waals surface area contributed by atoms with Crippen LogP contribution >= 0.6 is 11.6 Å². The molecule has 4 nitrogen and oxygen atoms in total. The Hall–Kier alpha value is -1.08. The zero-order chi connectivity index (χ0) is 12.6. The summed E-state index contributed by atoms with van der Waals surface area (Å²) >= 11 is 5.53. The lowest BCUT2D eigenvalue weighted by Crippen LogP contribution is -2.24. The van der Waals surface area contributed by atoms with E-state index in [0.717, 1.165) is 0 Å². The molecular weight excluding hydrogens is 259 g/mol. The minimum absolute atomic E-state index is 0.0916. The van der Waals surface area contributed by atoms with Gasteiger partial charge in [0, 0.05) is 19.2 Å². The van der Waals surface area contributed by atoms with Crippen LogP contribution in [0.1, 0.15) is 12.2 Å². The molecule has 1 N–H and O–H groups in total. The summed E-state index contributed by atoms with van der Waals surface area (Å²) in [4.78, 5) is 8.10. The Morgan fingerprint density at radius 3 is 2.65 bits per heavy atom. The Morgan fingerprint density at radius 2 is 2.12 bits per heavy atom. The summed E-state index contributed by atoms with van der Waals surface area (Å²) in [5.74, 6) is -1.17. The summed E-state index contributed by atoms with van der Waals surface area (Å²) < 4.78 is 37.4. The number of anilines is 1. The van der Waals surface area contributed by atoms with Crippen LogP contribution in [0.2, 0.25) is 5.15 Å². The van der Waals surface area contributed by atoms with Gasteiger partial charge in [-0.25, -0.2) is 9.97 Å². The van der Waals surface area contributed by atoms with Crippen LogP contribution in [0.25, 0.3) is 0 Å². The lowest BCUT2D eigenvalue weighted by molar-refractivity contribution is -0.144. The van der Waals surface area contributed by atoms with E-state index in [9.17, 15) is 18.3 Å². The molecule has 0 amide bonds. The fourth-order valence-corrected chi connectivity index (χ4v) is 1.82. The van der Waals surface area contributed by atoms with Gasteiger partial charge in [0.1, 0.15) is 11.0 Å². The van der Waals surface area contributed by atoms with Crippen molar-refractivity contribution in [2.75, 3.05) is 18.0 Å². The van der Waals surface area contributed by atoms with Gasteiger partial charge in [-0.2, -0.15) is 13.2 Å². The summed E-state index contributed by atoms with van der Waals surface area (Å²) in [5.41, 5.74) is 0. The van der Waals surface area contributed by atoms with Gasteiger partial charge >= 0.3 is 6.18 Å². The summed E-state index contributed by atoms with van der Waals surface area (Å²) in [6, 6.07) is 1.26. The molecule has 0 aliphatic carbocycles. The van der Waals surface area contributed by atoms with E-state index < -0.39 is 18.1 Å². The van der Waals surface area contributed by atoms with Gasteiger partial charge in [-0.15, -0.1) is 0 Å². The van der Waals surface area contributed by atoms with E-state index in [-0.39, 0.29) is 17.5 Å². The largest absolute Gasteiger partial charge is 0.451 e. The molecule has 0 aromatic carbocycles. The highest BCUT2D eigenvalue weighted by molar-refractivity contribution is 6.29. The van der Waals surface area contributed by atoms with Gasteiger partial charge in [0.2, 0.25) is 5.82 Å². The monoisotopic (exact) mass is 267 g/mol. The quantitative estimate of drug-likeness (QED) is 0.787. The van der Waals surface area contributed by atoms with Crippen LogP contribution in [-0.2, 0) is 6.18 Å². The smallest absolute Gasteiger partial charge is 0.391 e. The number of rotatable bonds is 1. The lowest BCUT2D eigenvalue weighted by Gasteiger charge is -2.17. The fourth-order valence-electron chi connectivity index (χ4n) is 1.64. The maximum absolute atomic E-state index is 12.5. The normalized spacial score (nSPS) is 21.0. The summed E-state index contributed by atoms with van der Waals surface area (Å²) in [5, 5.41) is 9.06. The van der Waals surface area contributed by atoms with Crippen molar-refractivity contribution in [3.8, 4) is 0 Å². The molecule has 1 fully saturated rings. The number of alkyl halides is 3. The van der Waals surface area contributed by atoms with E-state index >= 15 is 0 Å². The zero-order valence-electron chi connectivity index (χ0n) is 8.58. The standard InChI is InChI=1S/C9H9ClF3N3O/c10-6-3-7(16-2-1-5(17)4-16)15-8(14-6)9(11,12)13/h3,5,17H,1-2,4H2. The molecule has 8 heteroatoms. The molecule has 17 heavy (non-hydrogen) atoms. The first-order valence-electron chi connectivity index (χ1n) is 4.91. The second-order valence-corrected chi connectivity index (χ2v) is 4.15. The molecule has 0 spiro atoms. The Bertz CT molecular complexity index is 426. The summed E-state index contributed by atoms with van der Waals surface area (Å²) in [6.07, 6.45) is -4.67. The average molecular weight is 268 g/mol. The first-order chi connectivity index (χ1) is 7.86. The maximum Gasteiger partial charge on any atom is 0.451 e.